The number of alkyl halides is 3. The first-order chi connectivity index (χ1) is 12.2. The summed E-state index contributed by atoms with van der Waals surface area (Å²) in [5.74, 6) is 0.568. The molecule has 0 bridgehead atoms. The van der Waals surface area contributed by atoms with E-state index in [0.29, 0.717) is 17.1 Å². The third-order valence-corrected chi connectivity index (χ3v) is 4.63. The van der Waals surface area contributed by atoms with Crippen molar-refractivity contribution >= 4 is 39.0 Å². The Kier molecular flexibility index (Phi) is 5.06. The third kappa shape index (κ3) is 4.08. The Morgan fingerprint density at radius 2 is 2.04 bits per heavy atom. The molecule has 0 N–H and O–H groups in total. The highest BCUT2D eigenvalue weighted by atomic mass is 35.5. The van der Waals surface area contributed by atoms with Gasteiger partial charge in [0.15, 0.2) is 0 Å². The maximum Gasteiger partial charge on any atom is 0.433 e. The molecule has 0 aliphatic rings. The minimum absolute atomic E-state index is 0.0301. The first-order valence-electron chi connectivity index (χ1n) is 7.29. The number of rotatable bonds is 4. The van der Waals surface area contributed by atoms with Crippen LogP contribution in [0, 0.1) is 0 Å². The average molecular weight is 402 g/mol. The van der Waals surface area contributed by atoms with Gasteiger partial charge in [-0.3, -0.25) is 4.79 Å². The lowest BCUT2D eigenvalue weighted by molar-refractivity contribution is -0.141. The van der Waals surface area contributed by atoms with Gasteiger partial charge in [-0.2, -0.15) is 13.2 Å². The average Bonchev–Trinajstić information content (AvgIpc) is 2.94. The van der Waals surface area contributed by atoms with E-state index in [-0.39, 0.29) is 11.8 Å². The Balaban J connectivity index is 1.75. The fourth-order valence-corrected chi connectivity index (χ4v) is 3.30. The molecule has 0 saturated heterocycles. The molecule has 0 amide bonds. The summed E-state index contributed by atoms with van der Waals surface area (Å²) >= 11 is 7.19. The molecular formula is C17H11ClF3NO3S. The highest BCUT2D eigenvalue weighted by Crippen LogP contribution is 2.35. The van der Waals surface area contributed by atoms with Crippen molar-refractivity contribution in [1.82, 2.24) is 4.98 Å². The lowest BCUT2D eigenvalue weighted by Gasteiger charge is -2.10. The molecule has 26 heavy (non-hydrogen) atoms. The molecule has 0 aliphatic heterocycles. The lowest BCUT2D eigenvalue weighted by Crippen LogP contribution is -2.09. The first-order valence-corrected chi connectivity index (χ1v) is 8.55. The van der Waals surface area contributed by atoms with Crippen LogP contribution in [-0.2, 0) is 17.6 Å². The second-order valence-electron chi connectivity index (χ2n) is 5.28. The van der Waals surface area contributed by atoms with Crippen molar-refractivity contribution in [1.29, 1.82) is 0 Å². The number of hydrogen-bond acceptors (Lipinski definition) is 5. The van der Waals surface area contributed by atoms with Crippen LogP contribution in [0.3, 0.4) is 0 Å². The van der Waals surface area contributed by atoms with Gasteiger partial charge in [0.2, 0.25) is 0 Å². The molecule has 0 fully saturated rings. The summed E-state index contributed by atoms with van der Waals surface area (Å²) in [4.78, 5) is 14.4. The predicted molar refractivity (Wildman–Crippen MR) is 91.7 cm³/mol. The third-order valence-electron chi connectivity index (χ3n) is 3.38. The Hall–Kier alpha value is -2.32. The van der Waals surface area contributed by atoms with Crippen molar-refractivity contribution < 1.29 is 27.4 Å². The van der Waals surface area contributed by atoms with Crippen molar-refractivity contribution in [2.24, 2.45) is 0 Å². The summed E-state index contributed by atoms with van der Waals surface area (Å²) in [5, 5.41) is 2.23. The maximum atomic E-state index is 12.6. The lowest BCUT2D eigenvalue weighted by atomic mass is 10.2. The van der Waals surface area contributed by atoms with Crippen molar-refractivity contribution in [3.05, 3.63) is 52.1 Å². The zero-order valence-electron chi connectivity index (χ0n) is 13.3. The van der Waals surface area contributed by atoms with Gasteiger partial charge in [0, 0.05) is 28.0 Å². The quantitative estimate of drug-likeness (QED) is 0.429. The van der Waals surface area contributed by atoms with Crippen molar-refractivity contribution in [3.8, 4) is 11.5 Å². The summed E-state index contributed by atoms with van der Waals surface area (Å²) in [6, 6.07) is 7.26. The molecule has 4 nitrogen and oxygen atoms in total. The van der Waals surface area contributed by atoms with E-state index >= 15 is 0 Å². The fourth-order valence-electron chi connectivity index (χ4n) is 2.20. The molecule has 0 saturated carbocycles. The van der Waals surface area contributed by atoms with Crippen LogP contribution in [-0.4, -0.2) is 11.0 Å². The molecule has 0 atom stereocenters. The van der Waals surface area contributed by atoms with E-state index in [1.165, 1.54) is 24.3 Å². The van der Waals surface area contributed by atoms with E-state index in [1.807, 2.05) is 0 Å². The summed E-state index contributed by atoms with van der Waals surface area (Å²) in [6.45, 7) is 1.29. The molecule has 9 heteroatoms. The summed E-state index contributed by atoms with van der Waals surface area (Å²) in [5.41, 5.74) is -0.712. The normalized spacial score (nSPS) is 11.6. The highest BCUT2D eigenvalue weighted by Gasteiger charge is 2.32. The summed E-state index contributed by atoms with van der Waals surface area (Å²) < 4.78 is 49.3. The molecule has 0 radical (unpaired) electrons. The van der Waals surface area contributed by atoms with Crippen molar-refractivity contribution in [2.45, 2.75) is 19.7 Å². The Bertz CT molecular complexity index is 972. The van der Waals surface area contributed by atoms with Crippen LogP contribution in [0.2, 0.25) is 5.15 Å². The van der Waals surface area contributed by atoms with Gasteiger partial charge in [0.25, 0.3) is 0 Å². The summed E-state index contributed by atoms with van der Waals surface area (Å²) in [6.07, 6.45) is -4.55. The van der Waals surface area contributed by atoms with Gasteiger partial charge >= 0.3 is 12.1 Å². The molecular weight excluding hydrogens is 391 g/mol. The first kappa shape index (κ1) is 18.5. The van der Waals surface area contributed by atoms with Gasteiger partial charge in [-0.25, -0.2) is 4.98 Å². The van der Waals surface area contributed by atoms with Gasteiger partial charge < -0.3 is 9.47 Å². The Morgan fingerprint density at radius 1 is 1.27 bits per heavy atom. The Labute approximate surface area is 155 Å². The molecule has 3 rings (SSSR count). The van der Waals surface area contributed by atoms with E-state index < -0.39 is 17.8 Å². The van der Waals surface area contributed by atoms with Crippen LogP contribution in [0.4, 0.5) is 13.2 Å². The zero-order chi connectivity index (χ0) is 18.9. The van der Waals surface area contributed by atoms with Gasteiger partial charge in [0.05, 0.1) is 0 Å². The minimum Gasteiger partial charge on any atom is -0.489 e. The van der Waals surface area contributed by atoms with E-state index in [4.69, 9.17) is 21.1 Å². The number of thiophene rings is 1. The van der Waals surface area contributed by atoms with Crippen LogP contribution in [0.1, 0.15) is 18.2 Å². The number of carbonyl (C=O) groups is 1. The van der Waals surface area contributed by atoms with E-state index in [9.17, 15) is 18.0 Å². The SMILES string of the molecule is CC(=O)Oc1csc2cc(OCc3ccc(C(F)(F)F)nc3Cl)ccc12. The number of benzene rings is 1. The smallest absolute Gasteiger partial charge is 0.433 e. The molecule has 1 aromatic carbocycles. The molecule has 0 spiro atoms. The van der Waals surface area contributed by atoms with Gasteiger partial charge in [-0.05, 0) is 24.3 Å². The number of halogens is 4. The molecule has 136 valence electrons. The van der Waals surface area contributed by atoms with Crippen LogP contribution in [0.5, 0.6) is 11.5 Å². The molecule has 2 heterocycles. The van der Waals surface area contributed by atoms with Crippen LogP contribution >= 0.6 is 22.9 Å². The number of pyridine rings is 1. The number of hydrogen-bond donors (Lipinski definition) is 0. The number of esters is 1. The number of ether oxygens (including phenoxy) is 2. The maximum absolute atomic E-state index is 12.6. The van der Waals surface area contributed by atoms with Gasteiger partial charge in [0.1, 0.15) is 29.0 Å². The second-order valence-corrected chi connectivity index (χ2v) is 6.55. The second kappa shape index (κ2) is 7.13. The van der Waals surface area contributed by atoms with E-state index in [1.54, 1.807) is 23.6 Å². The molecule has 2 aromatic heterocycles. The standard InChI is InChI=1S/C17H11ClF3NO3S/c1-9(23)25-13-8-26-14-6-11(3-4-12(13)14)24-7-10-2-5-15(17(19,20)21)22-16(10)18/h2-6,8H,7H2,1H3. The molecule has 3 aromatic rings. The predicted octanol–water partition coefficient (Wildman–Crippen LogP) is 5.47. The molecule has 0 unspecified atom stereocenters. The van der Waals surface area contributed by atoms with Crippen molar-refractivity contribution in [3.63, 3.8) is 0 Å². The van der Waals surface area contributed by atoms with Crippen LogP contribution < -0.4 is 9.47 Å². The Morgan fingerprint density at radius 3 is 2.69 bits per heavy atom. The van der Waals surface area contributed by atoms with E-state index in [0.717, 1.165) is 16.2 Å². The van der Waals surface area contributed by atoms with Crippen LogP contribution in [0.15, 0.2) is 35.7 Å². The van der Waals surface area contributed by atoms with E-state index in [2.05, 4.69) is 4.98 Å². The van der Waals surface area contributed by atoms with Gasteiger partial charge in [-0.1, -0.05) is 17.7 Å². The zero-order valence-corrected chi connectivity index (χ0v) is 14.8. The van der Waals surface area contributed by atoms with Gasteiger partial charge in [-0.15, -0.1) is 11.3 Å². The number of fused-ring (bicyclic) bond motifs is 1. The molecule has 0 aliphatic carbocycles. The topological polar surface area (TPSA) is 48.4 Å². The van der Waals surface area contributed by atoms with Crippen LogP contribution in [0.25, 0.3) is 10.1 Å². The monoisotopic (exact) mass is 401 g/mol. The minimum atomic E-state index is -4.55. The number of carbonyl (C=O) groups excluding carboxylic acids is 1. The summed E-state index contributed by atoms with van der Waals surface area (Å²) in [7, 11) is 0. The largest absolute Gasteiger partial charge is 0.489 e. The van der Waals surface area contributed by atoms with Crippen molar-refractivity contribution in [2.75, 3.05) is 0 Å². The number of aromatic nitrogens is 1. The number of nitrogens with zero attached hydrogens (tertiary/aromatic N) is 1. The highest BCUT2D eigenvalue weighted by molar-refractivity contribution is 7.17. The fraction of sp³-hybridized carbons (Fsp3) is 0.176.